The zero-order valence-electron chi connectivity index (χ0n) is 16.8. The molecule has 3 heterocycles. The Labute approximate surface area is 168 Å². The molecule has 0 atom stereocenters. The first kappa shape index (κ1) is 19.5. The van der Waals surface area contributed by atoms with E-state index in [0.717, 1.165) is 59.5 Å². The van der Waals surface area contributed by atoms with Gasteiger partial charge in [-0.15, -0.1) is 5.10 Å². The summed E-state index contributed by atoms with van der Waals surface area (Å²) in [5, 5.41) is 21.5. The molecule has 2 aliphatic rings. The smallest absolute Gasteiger partial charge is 0.259 e. The summed E-state index contributed by atoms with van der Waals surface area (Å²) in [6.07, 6.45) is 2.04. The number of hydrazine groups is 1. The molecule has 10 nitrogen and oxygen atoms in total. The Kier molecular flexibility index (Phi) is 4.82. The van der Waals surface area contributed by atoms with Gasteiger partial charge in [0.25, 0.3) is 5.88 Å². The van der Waals surface area contributed by atoms with Crippen LogP contribution in [0.25, 0.3) is 5.52 Å². The van der Waals surface area contributed by atoms with Crippen LogP contribution in [0.3, 0.4) is 0 Å². The van der Waals surface area contributed by atoms with E-state index in [9.17, 15) is 5.21 Å². The van der Waals surface area contributed by atoms with Crippen LogP contribution in [0.5, 0.6) is 11.6 Å². The average Bonchev–Trinajstić information content (AvgIpc) is 2.88. The third kappa shape index (κ3) is 2.80. The number of aryl methyl sites for hydroxylation is 2. The van der Waals surface area contributed by atoms with Crippen LogP contribution in [-0.4, -0.2) is 69.8 Å². The Bertz CT molecular complexity index is 891. The maximum Gasteiger partial charge on any atom is 0.259 e. The molecular formula is C17H27N7O3S. The molecule has 4 rings (SSSR count). The molecule has 0 aromatic carbocycles. The van der Waals surface area contributed by atoms with Crippen molar-refractivity contribution in [1.82, 2.24) is 24.2 Å². The molecule has 0 amide bonds. The van der Waals surface area contributed by atoms with Gasteiger partial charge >= 0.3 is 0 Å². The summed E-state index contributed by atoms with van der Waals surface area (Å²) < 4.78 is 13.9. The van der Waals surface area contributed by atoms with Gasteiger partial charge in [0.15, 0.2) is 11.6 Å². The second kappa shape index (κ2) is 6.92. The summed E-state index contributed by atoms with van der Waals surface area (Å²) in [6.45, 7) is 5.75. The van der Waals surface area contributed by atoms with Gasteiger partial charge < -0.3 is 14.4 Å². The van der Waals surface area contributed by atoms with E-state index < -0.39 is 0 Å². The third-order valence-electron chi connectivity index (χ3n) is 6.00. The van der Waals surface area contributed by atoms with Gasteiger partial charge in [-0.25, -0.2) is 9.99 Å². The Morgan fingerprint density at radius 1 is 1.25 bits per heavy atom. The molecule has 1 aliphatic heterocycles. The molecular weight excluding hydrogens is 382 g/mol. The van der Waals surface area contributed by atoms with E-state index in [1.165, 1.54) is 0 Å². The monoisotopic (exact) mass is 409 g/mol. The molecule has 11 heteroatoms. The minimum Gasteiger partial charge on any atom is -0.491 e. The zero-order valence-corrected chi connectivity index (χ0v) is 17.7. The fraction of sp³-hybridized carbons (Fsp3) is 0.647. The molecule has 1 saturated heterocycles. The van der Waals surface area contributed by atoms with Crippen LogP contribution in [-0.2, 0) is 0 Å². The molecule has 0 bridgehead atoms. The van der Waals surface area contributed by atoms with Crippen LogP contribution in [0.1, 0.15) is 24.2 Å². The fourth-order valence-corrected chi connectivity index (χ4v) is 4.87. The van der Waals surface area contributed by atoms with Crippen molar-refractivity contribution in [3.05, 3.63) is 11.4 Å². The summed E-state index contributed by atoms with van der Waals surface area (Å²) in [4.78, 5) is 7.02. The topological polar surface area (TPSA) is 105 Å². The van der Waals surface area contributed by atoms with E-state index >= 15 is 0 Å². The van der Waals surface area contributed by atoms with Crippen molar-refractivity contribution in [3.63, 3.8) is 0 Å². The van der Waals surface area contributed by atoms with Crippen molar-refractivity contribution in [2.75, 3.05) is 39.3 Å². The number of aromatic nitrogens is 3. The number of methoxy groups -OCH3 is 2. The lowest BCUT2D eigenvalue weighted by atomic mass is 9.60. The summed E-state index contributed by atoms with van der Waals surface area (Å²) in [5.74, 6) is 2.87. The van der Waals surface area contributed by atoms with E-state index in [2.05, 4.69) is 10.00 Å². The van der Waals surface area contributed by atoms with E-state index in [-0.39, 0.29) is 5.41 Å². The lowest BCUT2D eigenvalue weighted by Crippen LogP contribution is -2.67. The Morgan fingerprint density at radius 3 is 2.50 bits per heavy atom. The van der Waals surface area contributed by atoms with Crippen molar-refractivity contribution < 1.29 is 14.7 Å². The molecule has 2 fully saturated rings. The highest BCUT2D eigenvalue weighted by atomic mass is 32.2. The van der Waals surface area contributed by atoms with Gasteiger partial charge in [0.05, 0.1) is 14.2 Å². The van der Waals surface area contributed by atoms with Crippen molar-refractivity contribution in [2.24, 2.45) is 10.6 Å². The van der Waals surface area contributed by atoms with Crippen molar-refractivity contribution in [2.45, 2.75) is 32.7 Å². The van der Waals surface area contributed by atoms with Gasteiger partial charge in [0.1, 0.15) is 11.3 Å². The fourth-order valence-electron chi connectivity index (χ4n) is 4.59. The maximum atomic E-state index is 9.75. The highest BCUT2D eigenvalue weighted by molar-refractivity contribution is 7.94. The molecule has 154 valence electrons. The number of hydrogen-bond donors (Lipinski definition) is 2. The lowest BCUT2D eigenvalue weighted by molar-refractivity contribution is -0.196. The van der Waals surface area contributed by atoms with Crippen LogP contribution < -0.4 is 19.5 Å². The van der Waals surface area contributed by atoms with Gasteiger partial charge in [-0.1, -0.05) is 0 Å². The molecule has 1 aliphatic carbocycles. The van der Waals surface area contributed by atoms with Crippen LogP contribution in [0.4, 0.5) is 5.82 Å². The van der Waals surface area contributed by atoms with Crippen LogP contribution in [0, 0.1) is 19.3 Å². The number of nitrogens with zero attached hydrogens (tertiary/aromatic N) is 6. The quantitative estimate of drug-likeness (QED) is 0.537. The first-order valence-electron chi connectivity index (χ1n) is 9.15. The Morgan fingerprint density at radius 2 is 1.93 bits per heavy atom. The maximum absolute atomic E-state index is 9.75. The summed E-state index contributed by atoms with van der Waals surface area (Å²) in [6, 6.07) is 0.297. The molecule has 0 radical (unpaired) electrons. The second-order valence-electron chi connectivity index (χ2n) is 7.76. The second-order valence-corrected chi connectivity index (χ2v) is 8.30. The summed E-state index contributed by atoms with van der Waals surface area (Å²) in [5.41, 5.74) is 2.16. The average molecular weight is 410 g/mol. The van der Waals surface area contributed by atoms with Gasteiger partial charge in [0.2, 0.25) is 0 Å². The molecule has 2 aromatic heterocycles. The molecule has 28 heavy (non-hydrogen) atoms. The molecule has 1 spiro atoms. The predicted molar refractivity (Wildman–Crippen MR) is 106 cm³/mol. The van der Waals surface area contributed by atoms with Gasteiger partial charge in [0, 0.05) is 49.3 Å². The van der Waals surface area contributed by atoms with E-state index in [1.54, 1.807) is 23.7 Å². The van der Waals surface area contributed by atoms with Gasteiger partial charge in [-0.05, 0) is 31.3 Å². The van der Waals surface area contributed by atoms with Gasteiger partial charge in [-0.2, -0.15) is 4.52 Å². The van der Waals surface area contributed by atoms with E-state index in [4.69, 9.17) is 19.6 Å². The number of rotatable bonds is 6. The number of fused-ring (bicyclic) bond motifs is 1. The molecule has 3 N–H and O–H groups in total. The Hall–Kier alpha value is -1.79. The summed E-state index contributed by atoms with van der Waals surface area (Å²) >= 11 is 0.807. The number of hydrogen-bond acceptors (Lipinski definition) is 10. The van der Waals surface area contributed by atoms with Crippen LogP contribution in [0.2, 0.25) is 0 Å². The number of nitrogens with two attached hydrogens (primary N) is 1. The summed E-state index contributed by atoms with van der Waals surface area (Å²) in [7, 11) is 5.11. The predicted octanol–water partition coefficient (Wildman–Crippen LogP) is 1.39. The van der Waals surface area contributed by atoms with Crippen molar-refractivity contribution in [1.29, 1.82) is 0 Å². The van der Waals surface area contributed by atoms with E-state index in [0.29, 0.717) is 23.5 Å². The van der Waals surface area contributed by atoms with E-state index in [1.807, 2.05) is 20.9 Å². The zero-order chi connectivity index (χ0) is 20.2. The van der Waals surface area contributed by atoms with Crippen LogP contribution in [0.15, 0.2) is 0 Å². The minimum atomic E-state index is 0.267. The molecule has 1 saturated carbocycles. The van der Waals surface area contributed by atoms with Crippen LogP contribution >= 0.6 is 12.1 Å². The standard InChI is InChI=1S/C17H27N7O3S/c1-10-13-15(19-11(2)20-23(13)16(27-5)14(10)26-4)22-8-17(9-22)6-12(7-17)21(3)24(25)28-18/h12,25H,6-9,18H2,1-5H3. The number of anilines is 1. The first-order valence-corrected chi connectivity index (χ1v) is 9.99. The highest BCUT2D eigenvalue weighted by Gasteiger charge is 2.54. The molecule has 0 unspecified atom stereocenters. The Balaban J connectivity index is 1.57. The normalized spacial score (nSPS) is 18.8. The van der Waals surface area contributed by atoms with Crippen molar-refractivity contribution in [3.8, 4) is 11.6 Å². The van der Waals surface area contributed by atoms with Gasteiger partial charge in [-0.3, -0.25) is 10.3 Å². The first-order chi connectivity index (χ1) is 13.3. The minimum absolute atomic E-state index is 0.267. The highest BCUT2D eigenvalue weighted by Crippen LogP contribution is 2.52. The van der Waals surface area contributed by atoms with Crippen molar-refractivity contribution >= 4 is 23.5 Å². The lowest BCUT2D eigenvalue weighted by Gasteiger charge is -2.61. The molecule has 2 aromatic rings. The third-order valence-corrected chi connectivity index (χ3v) is 6.44. The SMILES string of the molecule is COc1c(C)c2c(N3CC4(CC(N(C)N(O)SN)C4)C3)nc(C)nn2c1OC. The number of ether oxygens (including phenoxy) is 2. The largest absolute Gasteiger partial charge is 0.491 e.